The summed E-state index contributed by atoms with van der Waals surface area (Å²) in [5.41, 5.74) is 1.24. The molecule has 0 bridgehead atoms. The van der Waals surface area contributed by atoms with Crippen LogP contribution < -0.4 is 5.32 Å². The number of rotatable bonds is 4. The molecule has 0 spiro atoms. The van der Waals surface area contributed by atoms with E-state index >= 15 is 0 Å². The van der Waals surface area contributed by atoms with Crippen LogP contribution in [0, 0.1) is 0 Å². The van der Waals surface area contributed by atoms with Crippen LogP contribution in [-0.4, -0.2) is 29.0 Å². The summed E-state index contributed by atoms with van der Waals surface area (Å²) in [4.78, 5) is 27.2. The average Bonchev–Trinajstić information content (AvgIpc) is 3.15. The number of carbonyl (C=O) groups excluding carboxylic acids is 2. The fourth-order valence-electron chi connectivity index (χ4n) is 2.85. The Morgan fingerprint density at radius 3 is 2.73 bits per heavy atom. The van der Waals surface area contributed by atoms with Crippen molar-refractivity contribution in [2.75, 3.05) is 0 Å². The summed E-state index contributed by atoms with van der Waals surface area (Å²) in [5.74, 6) is -0.735. The van der Waals surface area contributed by atoms with Crippen LogP contribution >= 0.6 is 0 Å². The van der Waals surface area contributed by atoms with Crippen LogP contribution in [0.1, 0.15) is 43.1 Å². The van der Waals surface area contributed by atoms with Gasteiger partial charge in [0.1, 0.15) is 5.69 Å². The second-order valence-electron chi connectivity index (χ2n) is 5.81. The third kappa shape index (κ3) is 3.13. The van der Waals surface area contributed by atoms with Crippen LogP contribution in [0.2, 0.25) is 0 Å². The van der Waals surface area contributed by atoms with E-state index in [1.54, 1.807) is 13.0 Å². The molecule has 22 heavy (non-hydrogen) atoms. The lowest BCUT2D eigenvalue weighted by atomic mass is 10.2. The van der Waals surface area contributed by atoms with Gasteiger partial charge in [0.25, 0.3) is 5.91 Å². The van der Waals surface area contributed by atoms with Gasteiger partial charge in [0.05, 0.1) is 0 Å². The minimum Gasteiger partial charge on any atom is -0.448 e. The predicted octanol–water partition coefficient (Wildman–Crippen LogP) is 2.77. The number of amides is 1. The van der Waals surface area contributed by atoms with Crippen LogP contribution in [0.3, 0.4) is 0 Å². The summed E-state index contributed by atoms with van der Waals surface area (Å²) in [5, 5.41) is 3.88. The van der Waals surface area contributed by atoms with Crippen LogP contribution in [-0.2, 0) is 9.53 Å². The fourth-order valence-corrected chi connectivity index (χ4v) is 2.85. The number of fused-ring (bicyclic) bond motifs is 1. The SMILES string of the molecule is C[C@H](OC(=O)c1cc2ccccc2[nH]1)C(=O)NC1CCCC1. The monoisotopic (exact) mass is 300 g/mol. The highest BCUT2D eigenvalue weighted by molar-refractivity contribution is 5.96. The van der Waals surface area contributed by atoms with Gasteiger partial charge in [0.15, 0.2) is 6.10 Å². The number of H-pyrrole nitrogens is 1. The summed E-state index contributed by atoms with van der Waals surface area (Å²) < 4.78 is 5.26. The van der Waals surface area contributed by atoms with Crippen molar-refractivity contribution < 1.29 is 14.3 Å². The van der Waals surface area contributed by atoms with Crippen LogP contribution in [0.4, 0.5) is 0 Å². The molecule has 3 rings (SSSR count). The summed E-state index contributed by atoms with van der Waals surface area (Å²) in [7, 11) is 0. The molecule has 1 atom stereocenters. The van der Waals surface area contributed by atoms with Crippen molar-refractivity contribution in [3.05, 3.63) is 36.0 Å². The number of esters is 1. The highest BCUT2D eigenvalue weighted by Crippen LogP contribution is 2.18. The first-order chi connectivity index (χ1) is 10.6. The topological polar surface area (TPSA) is 71.2 Å². The van der Waals surface area contributed by atoms with Crippen molar-refractivity contribution in [2.45, 2.75) is 44.8 Å². The van der Waals surface area contributed by atoms with E-state index in [0.29, 0.717) is 5.69 Å². The van der Waals surface area contributed by atoms with Gasteiger partial charge in [-0.05, 0) is 31.9 Å². The maximum atomic E-state index is 12.1. The van der Waals surface area contributed by atoms with Crippen molar-refractivity contribution in [3.63, 3.8) is 0 Å². The summed E-state index contributed by atoms with van der Waals surface area (Å²) in [6, 6.07) is 9.57. The van der Waals surface area contributed by atoms with Gasteiger partial charge in [-0.1, -0.05) is 31.0 Å². The molecule has 1 aliphatic carbocycles. The molecule has 1 aromatic heterocycles. The molecule has 5 heteroatoms. The minimum atomic E-state index is -0.792. The Balaban J connectivity index is 1.61. The molecule has 1 aromatic carbocycles. The summed E-state index contributed by atoms with van der Waals surface area (Å²) in [6.07, 6.45) is 3.52. The third-order valence-electron chi connectivity index (χ3n) is 4.10. The zero-order valence-corrected chi connectivity index (χ0v) is 12.6. The van der Waals surface area contributed by atoms with Crippen LogP contribution in [0.15, 0.2) is 30.3 Å². The minimum absolute atomic E-state index is 0.224. The molecule has 2 aromatic rings. The van der Waals surface area contributed by atoms with Crippen molar-refractivity contribution in [2.24, 2.45) is 0 Å². The number of aromatic amines is 1. The maximum absolute atomic E-state index is 12.1. The zero-order valence-electron chi connectivity index (χ0n) is 12.6. The number of nitrogens with one attached hydrogen (secondary N) is 2. The van der Waals surface area contributed by atoms with E-state index in [2.05, 4.69) is 10.3 Å². The molecule has 5 nitrogen and oxygen atoms in total. The Bertz CT molecular complexity index is 653. The summed E-state index contributed by atoms with van der Waals surface area (Å²) >= 11 is 0. The number of benzene rings is 1. The molecule has 0 aliphatic heterocycles. The van der Waals surface area contributed by atoms with E-state index in [-0.39, 0.29) is 11.9 Å². The maximum Gasteiger partial charge on any atom is 0.355 e. The third-order valence-corrected chi connectivity index (χ3v) is 4.10. The fraction of sp³-hybridized carbons (Fsp3) is 0.412. The van der Waals surface area contributed by atoms with Crippen molar-refractivity contribution in [1.82, 2.24) is 10.3 Å². The highest BCUT2D eigenvalue weighted by Gasteiger charge is 2.24. The summed E-state index contributed by atoms with van der Waals surface area (Å²) in [6.45, 7) is 1.60. The van der Waals surface area contributed by atoms with Crippen molar-refractivity contribution >= 4 is 22.8 Å². The first-order valence-corrected chi connectivity index (χ1v) is 7.72. The number of hydrogen-bond acceptors (Lipinski definition) is 3. The molecule has 0 unspecified atom stereocenters. The second-order valence-corrected chi connectivity index (χ2v) is 5.81. The molecule has 1 saturated carbocycles. The van der Waals surface area contributed by atoms with Crippen molar-refractivity contribution in [1.29, 1.82) is 0 Å². The van der Waals surface area contributed by atoms with Gasteiger partial charge in [0.2, 0.25) is 0 Å². The number of carbonyl (C=O) groups is 2. The molecule has 0 radical (unpaired) electrons. The molecule has 1 fully saturated rings. The van der Waals surface area contributed by atoms with E-state index in [4.69, 9.17) is 4.74 Å². The standard InChI is InChI=1S/C17H20N2O3/c1-11(16(20)18-13-7-3-4-8-13)22-17(21)15-10-12-6-2-5-9-14(12)19-15/h2,5-6,9-11,13,19H,3-4,7-8H2,1H3,(H,18,20)/t11-/m0/s1. The van der Waals surface area contributed by atoms with Gasteiger partial charge < -0.3 is 15.0 Å². The lowest BCUT2D eigenvalue weighted by Gasteiger charge is -2.16. The lowest BCUT2D eigenvalue weighted by molar-refractivity contribution is -0.129. The van der Waals surface area contributed by atoms with E-state index in [0.717, 1.165) is 36.6 Å². The van der Waals surface area contributed by atoms with Crippen LogP contribution in [0.5, 0.6) is 0 Å². The molecule has 0 saturated heterocycles. The molecular formula is C17H20N2O3. The molecule has 1 amide bonds. The predicted molar refractivity (Wildman–Crippen MR) is 83.6 cm³/mol. The van der Waals surface area contributed by atoms with E-state index < -0.39 is 12.1 Å². The van der Waals surface area contributed by atoms with Gasteiger partial charge >= 0.3 is 5.97 Å². The van der Waals surface area contributed by atoms with Gasteiger partial charge in [-0.25, -0.2) is 4.79 Å². The smallest absolute Gasteiger partial charge is 0.355 e. The average molecular weight is 300 g/mol. The van der Waals surface area contributed by atoms with Gasteiger partial charge in [-0.2, -0.15) is 0 Å². The molecule has 1 aliphatic rings. The van der Waals surface area contributed by atoms with Crippen LogP contribution in [0.25, 0.3) is 10.9 Å². The molecular weight excluding hydrogens is 280 g/mol. The molecule has 1 heterocycles. The number of hydrogen-bond donors (Lipinski definition) is 2. The zero-order chi connectivity index (χ0) is 15.5. The highest BCUT2D eigenvalue weighted by atomic mass is 16.5. The number of aromatic nitrogens is 1. The van der Waals surface area contributed by atoms with Gasteiger partial charge in [-0.3, -0.25) is 4.79 Å². The largest absolute Gasteiger partial charge is 0.448 e. The quantitative estimate of drug-likeness (QED) is 0.853. The van der Waals surface area contributed by atoms with Gasteiger partial charge in [0, 0.05) is 16.9 Å². The number of para-hydroxylation sites is 1. The molecule has 2 N–H and O–H groups in total. The number of ether oxygens (including phenoxy) is 1. The molecule has 116 valence electrons. The van der Waals surface area contributed by atoms with E-state index in [1.807, 2.05) is 24.3 Å². The first kappa shape index (κ1) is 14.6. The Morgan fingerprint density at radius 2 is 2.00 bits per heavy atom. The Hall–Kier alpha value is -2.30. The lowest BCUT2D eigenvalue weighted by Crippen LogP contribution is -2.40. The second kappa shape index (κ2) is 6.22. The van der Waals surface area contributed by atoms with Gasteiger partial charge in [-0.15, -0.1) is 0 Å². The Morgan fingerprint density at radius 1 is 1.27 bits per heavy atom. The van der Waals surface area contributed by atoms with E-state index in [9.17, 15) is 9.59 Å². The Labute approximate surface area is 129 Å². The Kier molecular flexibility index (Phi) is 4.13. The normalized spacial score (nSPS) is 16.6. The van der Waals surface area contributed by atoms with Crippen molar-refractivity contribution in [3.8, 4) is 0 Å². The van der Waals surface area contributed by atoms with E-state index in [1.165, 1.54) is 0 Å². The first-order valence-electron chi connectivity index (χ1n) is 7.72.